The second-order valence-electron chi connectivity index (χ2n) is 4.24. The zero-order valence-corrected chi connectivity index (χ0v) is 9.71. The van der Waals surface area contributed by atoms with Crippen molar-refractivity contribution >= 4 is 0 Å². The lowest BCUT2D eigenvalue weighted by molar-refractivity contribution is -0.185. The third kappa shape index (κ3) is 2.24. The molecule has 2 rings (SSSR count). The summed E-state index contributed by atoms with van der Waals surface area (Å²) in [5.74, 6) is 0.466. The molecule has 1 aromatic rings. The third-order valence-electron chi connectivity index (χ3n) is 3.13. The van der Waals surface area contributed by atoms with Crippen LogP contribution in [0.5, 0.6) is 5.75 Å². The number of rotatable bonds is 1. The minimum Gasteiger partial charge on any atom is -0.497 e. The summed E-state index contributed by atoms with van der Waals surface area (Å²) in [6.45, 7) is 0.420. The fourth-order valence-electron chi connectivity index (χ4n) is 2.27. The van der Waals surface area contributed by atoms with Gasteiger partial charge in [0, 0.05) is 6.54 Å². The molecule has 0 saturated heterocycles. The van der Waals surface area contributed by atoms with Crippen molar-refractivity contribution < 1.29 is 17.9 Å². The molecule has 5 heteroatoms. The van der Waals surface area contributed by atoms with Gasteiger partial charge in [0.05, 0.1) is 7.11 Å². The summed E-state index contributed by atoms with van der Waals surface area (Å²) in [5, 5.41) is 0. The number of methoxy groups -OCH3 is 1. The Balaban J connectivity index is 2.49. The van der Waals surface area contributed by atoms with Gasteiger partial charge in [0.15, 0.2) is 0 Å². The fraction of sp³-hybridized carbons (Fsp3) is 0.500. The zero-order chi connectivity index (χ0) is 12.6. The molecule has 2 nitrogen and oxygen atoms in total. The number of benzene rings is 1. The first-order valence-electron chi connectivity index (χ1n) is 5.37. The van der Waals surface area contributed by atoms with E-state index in [4.69, 9.17) is 4.74 Å². The molecule has 1 heterocycles. The Morgan fingerprint density at radius 1 is 1.35 bits per heavy atom. The van der Waals surface area contributed by atoms with Gasteiger partial charge in [-0.15, -0.1) is 0 Å². The van der Waals surface area contributed by atoms with E-state index in [1.165, 1.54) is 25.1 Å². The van der Waals surface area contributed by atoms with Crippen LogP contribution in [0.1, 0.15) is 17.2 Å². The van der Waals surface area contributed by atoms with Crippen molar-refractivity contribution in [2.45, 2.75) is 18.6 Å². The molecule has 0 amide bonds. The molecule has 0 fully saturated rings. The molecule has 0 saturated carbocycles. The Morgan fingerprint density at radius 2 is 2.06 bits per heavy atom. The number of likely N-dealkylation sites (N-methyl/N-ethyl adjacent to an activating group) is 1. The third-order valence-corrected chi connectivity index (χ3v) is 3.13. The topological polar surface area (TPSA) is 12.5 Å². The lowest BCUT2D eigenvalue weighted by Crippen LogP contribution is -2.40. The molecule has 94 valence electrons. The van der Waals surface area contributed by atoms with Crippen LogP contribution >= 0.6 is 0 Å². The van der Waals surface area contributed by atoms with Gasteiger partial charge in [-0.2, -0.15) is 13.2 Å². The molecule has 0 aliphatic carbocycles. The van der Waals surface area contributed by atoms with E-state index in [0.29, 0.717) is 24.3 Å². The largest absolute Gasteiger partial charge is 0.497 e. The van der Waals surface area contributed by atoms with Crippen molar-refractivity contribution in [2.24, 2.45) is 0 Å². The van der Waals surface area contributed by atoms with Crippen LogP contribution in [0.15, 0.2) is 18.2 Å². The quantitative estimate of drug-likeness (QED) is 0.754. The average molecular weight is 245 g/mol. The normalized spacial score (nSPS) is 21.1. The van der Waals surface area contributed by atoms with Crippen LogP contribution in [0.2, 0.25) is 0 Å². The van der Waals surface area contributed by atoms with Crippen LogP contribution in [0.25, 0.3) is 0 Å². The van der Waals surface area contributed by atoms with Gasteiger partial charge in [-0.25, -0.2) is 0 Å². The van der Waals surface area contributed by atoms with Crippen LogP contribution in [-0.4, -0.2) is 31.8 Å². The monoisotopic (exact) mass is 245 g/mol. The Labute approximate surface area is 98.0 Å². The summed E-state index contributed by atoms with van der Waals surface area (Å²) in [6.07, 6.45) is -3.61. The molecule has 0 bridgehead atoms. The molecule has 1 unspecified atom stereocenters. The maximum Gasteiger partial charge on any atom is 0.408 e. The van der Waals surface area contributed by atoms with E-state index in [0.717, 1.165) is 5.56 Å². The summed E-state index contributed by atoms with van der Waals surface area (Å²) < 4.78 is 44.1. The van der Waals surface area contributed by atoms with Gasteiger partial charge in [0.2, 0.25) is 0 Å². The van der Waals surface area contributed by atoms with Crippen molar-refractivity contribution in [3.8, 4) is 5.75 Å². The first-order chi connectivity index (χ1) is 7.93. The maximum atomic E-state index is 13.0. The van der Waals surface area contributed by atoms with E-state index in [-0.39, 0.29) is 0 Å². The van der Waals surface area contributed by atoms with Gasteiger partial charge in [-0.1, -0.05) is 6.07 Å². The zero-order valence-electron chi connectivity index (χ0n) is 9.71. The predicted molar refractivity (Wildman–Crippen MR) is 58.1 cm³/mol. The Kier molecular flexibility index (Phi) is 3.03. The highest BCUT2D eigenvalue weighted by atomic mass is 19.4. The second-order valence-corrected chi connectivity index (χ2v) is 4.24. The first-order valence-corrected chi connectivity index (χ1v) is 5.37. The van der Waals surface area contributed by atoms with Crippen LogP contribution in [-0.2, 0) is 6.42 Å². The SMILES string of the molecule is COc1ccc2c(c1)C(C(F)(F)F)N(C)CC2. The molecule has 1 aliphatic rings. The van der Waals surface area contributed by atoms with Gasteiger partial charge in [-0.3, -0.25) is 4.90 Å². The molecular formula is C12H14F3NO. The first kappa shape index (κ1) is 12.2. The number of fused-ring (bicyclic) bond motifs is 1. The molecule has 1 aliphatic heterocycles. The minimum absolute atomic E-state index is 0.311. The summed E-state index contributed by atoms with van der Waals surface area (Å²) in [6, 6.07) is 3.39. The molecule has 0 N–H and O–H groups in total. The lowest BCUT2D eigenvalue weighted by Gasteiger charge is -2.35. The minimum atomic E-state index is -4.25. The number of nitrogens with zero attached hydrogens (tertiary/aromatic N) is 1. The molecular weight excluding hydrogens is 231 g/mol. The molecule has 1 atom stereocenters. The van der Waals surface area contributed by atoms with Crippen LogP contribution in [0.3, 0.4) is 0 Å². The van der Waals surface area contributed by atoms with Gasteiger partial charge < -0.3 is 4.74 Å². The van der Waals surface area contributed by atoms with Crippen molar-refractivity contribution in [3.05, 3.63) is 29.3 Å². The van der Waals surface area contributed by atoms with Crippen molar-refractivity contribution in [1.82, 2.24) is 4.90 Å². The van der Waals surface area contributed by atoms with Crippen molar-refractivity contribution in [2.75, 3.05) is 20.7 Å². The summed E-state index contributed by atoms with van der Waals surface area (Å²) >= 11 is 0. The van der Waals surface area contributed by atoms with Crippen LogP contribution in [0.4, 0.5) is 13.2 Å². The van der Waals surface area contributed by atoms with Gasteiger partial charge in [0.1, 0.15) is 11.8 Å². The van der Waals surface area contributed by atoms with E-state index in [9.17, 15) is 13.2 Å². The smallest absolute Gasteiger partial charge is 0.408 e. The highest BCUT2D eigenvalue weighted by molar-refractivity contribution is 5.40. The summed E-state index contributed by atoms with van der Waals surface area (Å²) in [7, 11) is 2.96. The number of hydrogen-bond donors (Lipinski definition) is 0. The van der Waals surface area contributed by atoms with E-state index >= 15 is 0 Å². The number of alkyl halides is 3. The fourth-order valence-corrected chi connectivity index (χ4v) is 2.27. The second kappa shape index (κ2) is 4.22. The van der Waals surface area contributed by atoms with E-state index in [2.05, 4.69) is 0 Å². The molecule has 0 spiro atoms. The van der Waals surface area contributed by atoms with E-state index in [1.807, 2.05) is 0 Å². The molecule has 1 aromatic carbocycles. The Bertz CT molecular complexity index is 417. The molecule has 17 heavy (non-hydrogen) atoms. The van der Waals surface area contributed by atoms with Crippen LogP contribution in [0, 0.1) is 0 Å². The Hall–Kier alpha value is -1.23. The molecule has 0 aromatic heterocycles. The van der Waals surface area contributed by atoms with Gasteiger partial charge >= 0.3 is 6.18 Å². The van der Waals surface area contributed by atoms with E-state index in [1.54, 1.807) is 12.1 Å². The molecule has 0 radical (unpaired) electrons. The number of halogens is 3. The van der Waals surface area contributed by atoms with E-state index < -0.39 is 12.2 Å². The maximum absolute atomic E-state index is 13.0. The van der Waals surface area contributed by atoms with Crippen molar-refractivity contribution in [3.63, 3.8) is 0 Å². The predicted octanol–water partition coefficient (Wildman–Crippen LogP) is 2.79. The average Bonchev–Trinajstić information content (AvgIpc) is 2.26. The van der Waals surface area contributed by atoms with Crippen LogP contribution < -0.4 is 4.74 Å². The highest BCUT2D eigenvalue weighted by Gasteiger charge is 2.45. The van der Waals surface area contributed by atoms with Gasteiger partial charge in [-0.05, 0) is 36.7 Å². The standard InChI is InChI=1S/C12H14F3NO/c1-16-6-5-8-3-4-9(17-2)7-10(8)11(16)12(13,14)15/h3-4,7,11H,5-6H2,1-2H3. The Morgan fingerprint density at radius 3 is 2.65 bits per heavy atom. The number of hydrogen-bond acceptors (Lipinski definition) is 2. The van der Waals surface area contributed by atoms with Crippen molar-refractivity contribution in [1.29, 1.82) is 0 Å². The van der Waals surface area contributed by atoms with Gasteiger partial charge in [0.25, 0.3) is 0 Å². The summed E-state index contributed by atoms with van der Waals surface area (Å²) in [5.41, 5.74) is 1.07. The lowest BCUT2D eigenvalue weighted by atomic mass is 9.92. The highest BCUT2D eigenvalue weighted by Crippen LogP contribution is 2.42. The summed E-state index contributed by atoms with van der Waals surface area (Å²) in [4.78, 5) is 1.34. The number of ether oxygens (including phenoxy) is 1.